The highest BCUT2D eigenvalue weighted by Gasteiger charge is 2.63. The smallest absolute Gasteiger partial charge is 0.338 e. The van der Waals surface area contributed by atoms with Crippen LogP contribution in [0.25, 0.3) is 11.4 Å². The lowest BCUT2D eigenvalue weighted by Gasteiger charge is -2.28. The number of likely N-dealkylation sites (tertiary alicyclic amines) is 1. The monoisotopic (exact) mass is 433 g/mol. The normalized spacial score (nSPS) is 19.0. The minimum absolute atomic E-state index is 0.00739. The van der Waals surface area contributed by atoms with Gasteiger partial charge in [-0.25, -0.2) is 0 Å². The highest BCUT2D eigenvalue weighted by atomic mass is 19.4. The predicted octanol–water partition coefficient (Wildman–Crippen LogP) is 2.73. The molecule has 1 saturated heterocycles. The van der Waals surface area contributed by atoms with Gasteiger partial charge in [0.05, 0.1) is 0 Å². The Kier molecular flexibility index (Phi) is 5.11. The average molecular weight is 433 g/mol. The van der Waals surface area contributed by atoms with Crippen molar-refractivity contribution < 1.29 is 22.5 Å². The van der Waals surface area contributed by atoms with Crippen molar-refractivity contribution >= 4 is 5.91 Å². The Labute approximate surface area is 174 Å². The van der Waals surface area contributed by atoms with Crippen molar-refractivity contribution in [1.82, 2.24) is 25.0 Å². The van der Waals surface area contributed by atoms with Crippen LogP contribution in [0.3, 0.4) is 0 Å². The molecule has 0 aromatic carbocycles. The molecular formula is C20H18F3N5O3. The summed E-state index contributed by atoms with van der Waals surface area (Å²) in [6, 6.07) is 5.67. The van der Waals surface area contributed by atoms with Crippen molar-refractivity contribution in [1.29, 1.82) is 0 Å². The number of aromatic amines is 1. The quantitative estimate of drug-likeness (QED) is 0.678. The number of amides is 1. The van der Waals surface area contributed by atoms with Gasteiger partial charge in [0.2, 0.25) is 17.3 Å². The van der Waals surface area contributed by atoms with Gasteiger partial charge in [0.1, 0.15) is 0 Å². The third-order valence-corrected chi connectivity index (χ3v) is 5.40. The molecule has 0 radical (unpaired) electrons. The van der Waals surface area contributed by atoms with Gasteiger partial charge in [-0.05, 0) is 31.0 Å². The SMILES string of the molecule is CCc1cc(C(=O)N2CCC(c3nc(-c4ccncc4)no3)(C(F)(F)F)C2)cc(=O)[nH]1. The summed E-state index contributed by atoms with van der Waals surface area (Å²) >= 11 is 0. The zero-order valence-corrected chi connectivity index (χ0v) is 16.4. The lowest BCUT2D eigenvalue weighted by molar-refractivity contribution is -0.193. The van der Waals surface area contributed by atoms with E-state index in [1.54, 1.807) is 19.1 Å². The van der Waals surface area contributed by atoms with Crippen molar-refractivity contribution in [3.05, 3.63) is 64.2 Å². The van der Waals surface area contributed by atoms with Gasteiger partial charge >= 0.3 is 6.18 Å². The van der Waals surface area contributed by atoms with Gasteiger partial charge in [-0.1, -0.05) is 12.1 Å². The number of carbonyl (C=O) groups is 1. The summed E-state index contributed by atoms with van der Waals surface area (Å²) in [5.74, 6) is -1.24. The van der Waals surface area contributed by atoms with Gasteiger partial charge in [0, 0.05) is 48.4 Å². The van der Waals surface area contributed by atoms with Crippen LogP contribution < -0.4 is 5.56 Å². The standard InChI is InChI=1S/C20H18F3N5O3/c1-2-14-9-13(10-15(29)25-14)17(30)28-8-5-19(11-28,20(21,22)23)18-26-16(27-31-18)12-3-6-24-7-4-12/h3-4,6-7,9-10H,2,5,8,11H2,1H3,(H,25,29). The lowest BCUT2D eigenvalue weighted by atomic mass is 9.86. The second-order valence-electron chi connectivity index (χ2n) is 7.33. The largest absolute Gasteiger partial charge is 0.405 e. The molecule has 1 fully saturated rings. The van der Waals surface area contributed by atoms with Crippen LogP contribution in [0.4, 0.5) is 13.2 Å². The van der Waals surface area contributed by atoms with Crippen LogP contribution in [-0.2, 0) is 11.8 Å². The third-order valence-electron chi connectivity index (χ3n) is 5.40. The molecule has 1 aliphatic rings. The fraction of sp³-hybridized carbons (Fsp3) is 0.350. The number of alkyl halides is 3. The van der Waals surface area contributed by atoms with E-state index in [-0.39, 0.29) is 17.9 Å². The maximum Gasteiger partial charge on any atom is 0.405 e. The molecule has 0 saturated carbocycles. The molecule has 162 valence electrons. The zero-order valence-electron chi connectivity index (χ0n) is 16.4. The number of nitrogens with one attached hydrogen (secondary N) is 1. The first-order valence-electron chi connectivity index (χ1n) is 9.57. The van der Waals surface area contributed by atoms with Crippen molar-refractivity contribution in [3.63, 3.8) is 0 Å². The molecule has 0 spiro atoms. The number of pyridine rings is 2. The van der Waals surface area contributed by atoms with Crippen molar-refractivity contribution in [2.45, 2.75) is 31.4 Å². The van der Waals surface area contributed by atoms with Crippen LogP contribution in [0.5, 0.6) is 0 Å². The summed E-state index contributed by atoms with van der Waals surface area (Å²) in [4.78, 5) is 36.2. The number of rotatable bonds is 4. The van der Waals surface area contributed by atoms with Crippen LogP contribution in [0, 0.1) is 0 Å². The van der Waals surface area contributed by atoms with Gasteiger partial charge in [-0.2, -0.15) is 18.2 Å². The van der Waals surface area contributed by atoms with Crippen molar-refractivity contribution in [2.24, 2.45) is 0 Å². The van der Waals surface area contributed by atoms with Crippen LogP contribution in [0.15, 0.2) is 46.0 Å². The molecule has 4 rings (SSSR count). The summed E-state index contributed by atoms with van der Waals surface area (Å²) in [6.45, 7) is 0.946. The topological polar surface area (TPSA) is 105 Å². The second kappa shape index (κ2) is 7.64. The Bertz CT molecular complexity index is 1160. The molecule has 0 aliphatic carbocycles. The predicted molar refractivity (Wildman–Crippen MR) is 102 cm³/mol. The van der Waals surface area contributed by atoms with E-state index >= 15 is 0 Å². The highest BCUT2D eigenvalue weighted by molar-refractivity contribution is 5.94. The summed E-state index contributed by atoms with van der Waals surface area (Å²) in [6.07, 6.45) is -1.75. The molecule has 3 aromatic rings. The molecule has 1 amide bonds. The molecule has 31 heavy (non-hydrogen) atoms. The third kappa shape index (κ3) is 3.71. The van der Waals surface area contributed by atoms with Crippen molar-refractivity contribution in [3.8, 4) is 11.4 Å². The van der Waals surface area contributed by atoms with Crippen LogP contribution in [0.2, 0.25) is 0 Å². The molecule has 11 heteroatoms. The number of halogens is 3. The second-order valence-corrected chi connectivity index (χ2v) is 7.33. The molecule has 1 unspecified atom stereocenters. The molecule has 8 nitrogen and oxygen atoms in total. The Hall–Kier alpha value is -3.50. The minimum atomic E-state index is -4.73. The summed E-state index contributed by atoms with van der Waals surface area (Å²) in [5, 5.41) is 3.69. The first-order chi connectivity index (χ1) is 14.7. The first-order valence-corrected chi connectivity index (χ1v) is 9.57. The molecular weight excluding hydrogens is 415 g/mol. The first kappa shape index (κ1) is 20.8. The lowest BCUT2D eigenvalue weighted by Crippen LogP contribution is -2.46. The minimum Gasteiger partial charge on any atom is -0.338 e. The zero-order chi connectivity index (χ0) is 22.2. The van der Waals surface area contributed by atoms with Gasteiger partial charge in [0.15, 0.2) is 5.41 Å². The highest BCUT2D eigenvalue weighted by Crippen LogP contribution is 2.47. The van der Waals surface area contributed by atoms with Gasteiger partial charge < -0.3 is 14.4 Å². The number of H-pyrrole nitrogens is 1. The maximum atomic E-state index is 14.2. The van der Waals surface area contributed by atoms with E-state index in [4.69, 9.17) is 4.52 Å². The number of carbonyl (C=O) groups excluding carboxylic acids is 1. The van der Waals surface area contributed by atoms with Gasteiger partial charge in [-0.3, -0.25) is 14.6 Å². The number of aromatic nitrogens is 4. The Morgan fingerprint density at radius 1 is 1.29 bits per heavy atom. The van der Waals surface area contributed by atoms with E-state index < -0.39 is 41.9 Å². The fourth-order valence-corrected chi connectivity index (χ4v) is 3.64. The van der Waals surface area contributed by atoms with Gasteiger partial charge in [0.25, 0.3) is 5.91 Å². The van der Waals surface area contributed by atoms with Crippen molar-refractivity contribution in [2.75, 3.05) is 13.1 Å². The molecule has 4 heterocycles. The number of aryl methyl sites for hydroxylation is 1. The van der Waals surface area contributed by atoms with E-state index in [0.29, 0.717) is 17.7 Å². The van der Waals surface area contributed by atoms with Gasteiger partial charge in [-0.15, -0.1) is 0 Å². The van der Waals surface area contributed by atoms with E-state index in [1.165, 1.54) is 18.5 Å². The van der Waals surface area contributed by atoms with E-state index in [2.05, 4.69) is 20.1 Å². The summed E-state index contributed by atoms with van der Waals surface area (Å²) in [5.41, 5.74) is -1.94. The van der Waals surface area contributed by atoms with Crippen LogP contribution in [-0.4, -0.2) is 50.2 Å². The average Bonchev–Trinajstić information content (AvgIpc) is 3.41. The summed E-state index contributed by atoms with van der Waals surface area (Å²) in [7, 11) is 0. The molecule has 1 N–H and O–H groups in total. The number of hydrogen-bond acceptors (Lipinski definition) is 6. The van der Waals surface area contributed by atoms with Crippen LogP contribution >= 0.6 is 0 Å². The van der Waals surface area contributed by atoms with E-state index in [1.807, 2.05) is 0 Å². The van der Waals surface area contributed by atoms with E-state index in [9.17, 15) is 22.8 Å². The Morgan fingerprint density at radius 3 is 2.71 bits per heavy atom. The van der Waals surface area contributed by atoms with E-state index in [0.717, 1.165) is 11.0 Å². The molecule has 0 bridgehead atoms. The molecule has 1 aliphatic heterocycles. The maximum absolute atomic E-state index is 14.2. The summed E-state index contributed by atoms with van der Waals surface area (Å²) < 4.78 is 47.6. The molecule has 3 aromatic heterocycles. The Morgan fingerprint density at radius 2 is 2.03 bits per heavy atom. The number of hydrogen-bond donors (Lipinski definition) is 1. The van der Waals surface area contributed by atoms with Crippen LogP contribution in [0.1, 0.15) is 35.3 Å². The Balaban J connectivity index is 1.66. The fourth-order valence-electron chi connectivity index (χ4n) is 3.64. The number of nitrogens with zero attached hydrogens (tertiary/aromatic N) is 4. The molecule has 1 atom stereocenters.